The molecular weight excluding hydrogens is 232 g/mol. The van der Waals surface area contributed by atoms with E-state index in [-0.39, 0.29) is 11.6 Å². The monoisotopic (exact) mass is 242 g/mol. The van der Waals surface area contributed by atoms with Gasteiger partial charge in [0.1, 0.15) is 0 Å². The zero-order chi connectivity index (χ0) is 12.2. The minimum absolute atomic E-state index is 0.194. The highest BCUT2D eigenvalue weighted by Crippen LogP contribution is 2.14. The number of carbonyl (C=O) groups excluding carboxylic acids is 1. The lowest BCUT2D eigenvalue weighted by Gasteiger charge is -2.04. The highest BCUT2D eigenvalue weighted by atomic mass is 32.2. The molecule has 0 aliphatic carbocycles. The number of hydrogen-bond acceptors (Lipinski definition) is 3. The molecule has 1 rings (SSSR count). The van der Waals surface area contributed by atoms with Gasteiger partial charge < -0.3 is 5.32 Å². The highest BCUT2D eigenvalue weighted by Gasteiger charge is 2.03. The van der Waals surface area contributed by atoms with Crippen LogP contribution >= 0.6 is 0 Å². The van der Waals surface area contributed by atoms with Crippen LogP contribution in [0.15, 0.2) is 36.9 Å². The zero-order valence-electron chi connectivity index (χ0n) is 8.17. The number of hydrogen-bond donors (Lipinski definition) is 3. The lowest BCUT2D eigenvalue weighted by atomic mass is 10.3. The normalized spacial score (nSPS) is 10.6. The second-order valence-electron chi connectivity index (χ2n) is 2.85. The van der Waals surface area contributed by atoms with E-state index >= 15 is 0 Å². The van der Waals surface area contributed by atoms with E-state index in [1.807, 2.05) is 4.72 Å². The molecule has 16 heavy (non-hydrogen) atoms. The predicted molar refractivity (Wildman–Crippen MR) is 60.4 cm³/mol. The minimum atomic E-state index is -4.27. The topological polar surface area (TPSA) is 95.5 Å². The number of amides is 1. The van der Waals surface area contributed by atoms with Gasteiger partial charge in [0.25, 0.3) is 0 Å². The minimum Gasteiger partial charge on any atom is -0.323 e. The van der Waals surface area contributed by atoms with Crippen molar-refractivity contribution in [2.75, 3.05) is 10.0 Å². The summed E-state index contributed by atoms with van der Waals surface area (Å²) in [5.41, 5.74) is 0.685. The molecule has 0 aliphatic heterocycles. The molecule has 0 fully saturated rings. The molecule has 0 saturated carbocycles. The van der Waals surface area contributed by atoms with Gasteiger partial charge in [-0.1, -0.05) is 6.58 Å². The van der Waals surface area contributed by atoms with Crippen molar-refractivity contribution in [3.8, 4) is 0 Å². The zero-order valence-corrected chi connectivity index (χ0v) is 8.99. The van der Waals surface area contributed by atoms with Gasteiger partial charge in [-0.3, -0.25) is 14.1 Å². The lowest BCUT2D eigenvalue weighted by Crippen LogP contribution is -2.10. The molecule has 0 radical (unpaired) electrons. The van der Waals surface area contributed by atoms with E-state index in [0.29, 0.717) is 5.69 Å². The Morgan fingerprint density at radius 1 is 1.25 bits per heavy atom. The third kappa shape index (κ3) is 4.11. The summed E-state index contributed by atoms with van der Waals surface area (Å²) < 4.78 is 31.3. The number of nitrogens with one attached hydrogen (secondary N) is 2. The Balaban J connectivity index is 2.75. The van der Waals surface area contributed by atoms with Gasteiger partial charge in [0.15, 0.2) is 0 Å². The number of carbonyl (C=O) groups is 1. The summed E-state index contributed by atoms with van der Waals surface area (Å²) in [7, 11) is -4.27. The van der Waals surface area contributed by atoms with Crippen LogP contribution in [-0.2, 0) is 15.1 Å². The molecule has 0 atom stereocenters. The van der Waals surface area contributed by atoms with Crippen LogP contribution in [0.2, 0.25) is 0 Å². The maximum Gasteiger partial charge on any atom is 0.357 e. The summed E-state index contributed by atoms with van der Waals surface area (Å²) in [6.07, 6.45) is 1.12. The van der Waals surface area contributed by atoms with Gasteiger partial charge in [-0.25, -0.2) is 0 Å². The first-order valence-electron chi connectivity index (χ1n) is 4.19. The van der Waals surface area contributed by atoms with Gasteiger partial charge in [-0.2, -0.15) is 8.42 Å². The average Bonchev–Trinajstić information content (AvgIpc) is 2.18. The van der Waals surface area contributed by atoms with E-state index in [1.54, 1.807) is 0 Å². The third-order valence-corrected chi connectivity index (χ3v) is 2.08. The third-order valence-electron chi connectivity index (χ3n) is 1.58. The van der Waals surface area contributed by atoms with E-state index in [2.05, 4.69) is 11.9 Å². The van der Waals surface area contributed by atoms with E-state index in [9.17, 15) is 13.2 Å². The molecule has 0 bridgehead atoms. The van der Waals surface area contributed by atoms with Gasteiger partial charge in [0.05, 0.1) is 5.69 Å². The molecule has 1 amide bonds. The van der Waals surface area contributed by atoms with Crippen LogP contribution in [0, 0.1) is 0 Å². The molecule has 3 N–H and O–H groups in total. The molecule has 1 aromatic carbocycles. The van der Waals surface area contributed by atoms with Crippen molar-refractivity contribution in [3.05, 3.63) is 36.9 Å². The fourth-order valence-corrected chi connectivity index (χ4v) is 1.40. The summed E-state index contributed by atoms with van der Waals surface area (Å²) in [6, 6.07) is 5.75. The Hall–Kier alpha value is -1.86. The van der Waals surface area contributed by atoms with E-state index in [0.717, 1.165) is 6.08 Å². The van der Waals surface area contributed by atoms with Crippen LogP contribution in [0.4, 0.5) is 11.4 Å². The Morgan fingerprint density at radius 3 is 2.19 bits per heavy atom. The molecule has 0 aliphatic rings. The maximum atomic E-state index is 10.9. The quantitative estimate of drug-likeness (QED) is 0.542. The van der Waals surface area contributed by atoms with Crippen LogP contribution in [0.5, 0.6) is 0 Å². The smallest absolute Gasteiger partial charge is 0.323 e. The first-order valence-corrected chi connectivity index (χ1v) is 5.63. The number of anilines is 2. The Bertz CT molecular complexity index is 493. The van der Waals surface area contributed by atoms with Crippen molar-refractivity contribution in [1.29, 1.82) is 0 Å². The molecule has 0 heterocycles. The van der Waals surface area contributed by atoms with Crippen LogP contribution < -0.4 is 10.0 Å². The molecule has 0 saturated heterocycles. The standard InChI is InChI=1S/C9H10N2O4S/c1-2-9(12)10-7-3-5-8(6-4-7)11-16(13,14)15/h2-6,11H,1H2,(H,10,12)(H,13,14,15). The van der Waals surface area contributed by atoms with Gasteiger partial charge in [0.2, 0.25) is 5.91 Å². The van der Waals surface area contributed by atoms with Crippen molar-refractivity contribution in [3.63, 3.8) is 0 Å². The summed E-state index contributed by atoms with van der Waals surface area (Å²) >= 11 is 0. The molecule has 86 valence electrons. The van der Waals surface area contributed by atoms with Crippen molar-refractivity contribution in [2.45, 2.75) is 0 Å². The molecule has 1 aromatic rings. The number of benzene rings is 1. The van der Waals surface area contributed by atoms with Gasteiger partial charge in [0, 0.05) is 5.69 Å². The highest BCUT2D eigenvalue weighted by molar-refractivity contribution is 7.87. The molecule has 0 aromatic heterocycles. The van der Waals surface area contributed by atoms with E-state index in [4.69, 9.17) is 4.55 Å². The molecular formula is C9H10N2O4S. The van der Waals surface area contributed by atoms with Crippen molar-refractivity contribution in [1.82, 2.24) is 0 Å². The number of rotatable bonds is 4. The van der Waals surface area contributed by atoms with Crippen LogP contribution in [0.25, 0.3) is 0 Å². The lowest BCUT2D eigenvalue weighted by molar-refractivity contribution is -0.111. The summed E-state index contributed by atoms with van der Waals surface area (Å²) in [5.74, 6) is -0.365. The van der Waals surface area contributed by atoms with Gasteiger partial charge in [-0.15, -0.1) is 0 Å². The fraction of sp³-hybridized carbons (Fsp3) is 0. The summed E-state index contributed by atoms with van der Waals surface area (Å²) in [4.78, 5) is 10.9. The first-order chi connectivity index (χ1) is 7.40. The fourth-order valence-electron chi connectivity index (χ4n) is 0.964. The van der Waals surface area contributed by atoms with Crippen molar-refractivity contribution in [2.24, 2.45) is 0 Å². The van der Waals surface area contributed by atoms with Crippen LogP contribution in [0.1, 0.15) is 0 Å². The van der Waals surface area contributed by atoms with Gasteiger partial charge in [-0.05, 0) is 30.3 Å². The molecule has 6 nitrogen and oxygen atoms in total. The first kappa shape index (κ1) is 12.2. The maximum absolute atomic E-state index is 10.9. The molecule has 0 spiro atoms. The van der Waals surface area contributed by atoms with Crippen LogP contribution in [-0.4, -0.2) is 18.9 Å². The Morgan fingerprint density at radius 2 is 1.75 bits per heavy atom. The van der Waals surface area contributed by atoms with E-state index < -0.39 is 10.3 Å². The summed E-state index contributed by atoms with van der Waals surface area (Å²) in [5, 5.41) is 2.48. The van der Waals surface area contributed by atoms with E-state index in [1.165, 1.54) is 24.3 Å². The average molecular weight is 242 g/mol. The summed E-state index contributed by atoms with van der Waals surface area (Å²) in [6.45, 7) is 3.29. The van der Waals surface area contributed by atoms with Crippen molar-refractivity contribution >= 4 is 27.6 Å². The van der Waals surface area contributed by atoms with Crippen molar-refractivity contribution < 1.29 is 17.8 Å². The Labute approximate surface area is 92.9 Å². The second kappa shape index (κ2) is 4.77. The van der Waals surface area contributed by atoms with Crippen LogP contribution in [0.3, 0.4) is 0 Å². The largest absolute Gasteiger partial charge is 0.357 e. The molecule has 7 heteroatoms. The molecule has 0 unspecified atom stereocenters. The predicted octanol–water partition coefficient (Wildman–Crippen LogP) is 1.03. The SMILES string of the molecule is C=CC(=O)Nc1ccc(NS(=O)(=O)O)cc1. The van der Waals surface area contributed by atoms with Gasteiger partial charge >= 0.3 is 10.3 Å². The second-order valence-corrected chi connectivity index (χ2v) is 4.00. The Kier molecular flexibility index (Phi) is 3.64.